The zero-order valence-electron chi connectivity index (χ0n) is 15.3. The number of aryl methyl sites for hydroxylation is 1. The van der Waals surface area contributed by atoms with Gasteiger partial charge in [0.2, 0.25) is 0 Å². The molecule has 0 aliphatic carbocycles. The topological polar surface area (TPSA) is 95.1 Å². The summed E-state index contributed by atoms with van der Waals surface area (Å²) in [5.74, 6) is 0.491. The van der Waals surface area contributed by atoms with Crippen LogP contribution in [-0.2, 0) is 22.7 Å². The lowest BCUT2D eigenvalue weighted by molar-refractivity contribution is -0.885. The number of non-ortho nitro benzene ring substituents is 1. The molecular formula is C19H22N3O5+. The van der Waals surface area contributed by atoms with Crippen LogP contribution in [0.4, 0.5) is 11.4 Å². The maximum absolute atomic E-state index is 12.3. The second-order valence-electron chi connectivity index (χ2n) is 6.69. The highest BCUT2D eigenvalue weighted by Gasteiger charge is 2.23. The standard InChI is InChI=1S/C19H21N3O5/c1-13-3-5-16(6-4-13)20-18(23)10-21(2)9-14-7-17(22(24)25)8-15-11-26-12-27-19(14)15/h3-8H,9-12H2,1-2H3,(H,20,23)/p+1. The fourth-order valence-corrected chi connectivity index (χ4v) is 3.02. The van der Waals surface area contributed by atoms with Crippen LogP contribution < -0.4 is 15.0 Å². The Morgan fingerprint density at radius 1 is 1.30 bits per heavy atom. The number of rotatable bonds is 6. The molecule has 0 saturated carbocycles. The molecule has 1 aliphatic rings. The van der Waals surface area contributed by atoms with Gasteiger partial charge in [0.15, 0.2) is 13.3 Å². The lowest BCUT2D eigenvalue weighted by atomic mass is 10.1. The zero-order valence-corrected chi connectivity index (χ0v) is 15.3. The molecule has 1 atom stereocenters. The summed E-state index contributed by atoms with van der Waals surface area (Å²) in [7, 11) is 1.86. The lowest BCUT2D eigenvalue weighted by Crippen LogP contribution is -3.08. The highest BCUT2D eigenvalue weighted by atomic mass is 16.7. The number of carbonyl (C=O) groups is 1. The van der Waals surface area contributed by atoms with E-state index in [1.807, 2.05) is 38.2 Å². The van der Waals surface area contributed by atoms with E-state index in [-0.39, 0.29) is 31.5 Å². The van der Waals surface area contributed by atoms with Crippen molar-refractivity contribution < 1.29 is 24.1 Å². The van der Waals surface area contributed by atoms with E-state index in [1.54, 1.807) is 0 Å². The molecule has 1 amide bonds. The third-order valence-corrected chi connectivity index (χ3v) is 4.27. The summed E-state index contributed by atoms with van der Waals surface area (Å²) in [5, 5.41) is 14.0. The monoisotopic (exact) mass is 372 g/mol. The number of nitro benzene ring substituents is 1. The Hall–Kier alpha value is -2.97. The fraction of sp³-hybridized carbons (Fsp3) is 0.316. The smallest absolute Gasteiger partial charge is 0.279 e. The maximum atomic E-state index is 12.3. The Bertz CT molecular complexity index is 851. The van der Waals surface area contributed by atoms with Crippen molar-refractivity contribution in [1.82, 2.24) is 0 Å². The molecule has 8 nitrogen and oxygen atoms in total. The van der Waals surface area contributed by atoms with Crippen molar-refractivity contribution in [3.05, 3.63) is 63.2 Å². The van der Waals surface area contributed by atoms with Crippen molar-refractivity contribution in [2.45, 2.75) is 20.1 Å². The van der Waals surface area contributed by atoms with Crippen molar-refractivity contribution in [3.63, 3.8) is 0 Å². The Labute approximate surface area is 156 Å². The number of quaternary nitrogens is 1. The van der Waals surface area contributed by atoms with Gasteiger partial charge in [0, 0.05) is 23.4 Å². The molecule has 0 saturated heterocycles. The van der Waals surface area contributed by atoms with Crippen molar-refractivity contribution >= 4 is 17.3 Å². The first-order valence-electron chi connectivity index (χ1n) is 8.61. The van der Waals surface area contributed by atoms with Crippen LogP contribution in [0.2, 0.25) is 0 Å². The van der Waals surface area contributed by atoms with Crippen LogP contribution in [0.1, 0.15) is 16.7 Å². The molecule has 27 heavy (non-hydrogen) atoms. The van der Waals surface area contributed by atoms with Gasteiger partial charge in [-0.15, -0.1) is 0 Å². The predicted octanol–water partition coefficient (Wildman–Crippen LogP) is 1.42. The highest BCUT2D eigenvalue weighted by Crippen LogP contribution is 2.32. The van der Waals surface area contributed by atoms with Crippen LogP contribution in [0, 0.1) is 17.0 Å². The Morgan fingerprint density at radius 3 is 2.74 bits per heavy atom. The number of nitro groups is 1. The number of hydrogen-bond donors (Lipinski definition) is 2. The van der Waals surface area contributed by atoms with E-state index < -0.39 is 4.92 Å². The molecule has 2 aromatic carbocycles. The van der Waals surface area contributed by atoms with Gasteiger partial charge in [-0.05, 0) is 19.1 Å². The van der Waals surface area contributed by atoms with Crippen LogP contribution in [0.25, 0.3) is 0 Å². The predicted molar refractivity (Wildman–Crippen MR) is 98.6 cm³/mol. The highest BCUT2D eigenvalue weighted by molar-refractivity contribution is 5.91. The quantitative estimate of drug-likeness (QED) is 0.591. The number of benzene rings is 2. The first-order chi connectivity index (χ1) is 12.9. The van der Waals surface area contributed by atoms with Gasteiger partial charge < -0.3 is 19.7 Å². The van der Waals surface area contributed by atoms with Crippen molar-refractivity contribution in [1.29, 1.82) is 0 Å². The first-order valence-corrected chi connectivity index (χ1v) is 8.61. The molecule has 142 valence electrons. The van der Waals surface area contributed by atoms with Crippen LogP contribution in [-0.4, -0.2) is 31.2 Å². The minimum absolute atomic E-state index is 0.00485. The van der Waals surface area contributed by atoms with Crippen molar-refractivity contribution in [3.8, 4) is 5.75 Å². The van der Waals surface area contributed by atoms with E-state index in [4.69, 9.17) is 9.47 Å². The number of nitrogens with one attached hydrogen (secondary N) is 2. The molecule has 8 heteroatoms. The van der Waals surface area contributed by atoms with Crippen LogP contribution >= 0.6 is 0 Å². The van der Waals surface area contributed by atoms with Crippen LogP contribution in [0.5, 0.6) is 5.75 Å². The third-order valence-electron chi connectivity index (χ3n) is 4.27. The average Bonchev–Trinajstić information content (AvgIpc) is 2.63. The Kier molecular flexibility index (Phi) is 5.68. The number of anilines is 1. The summed E-state index contributed by atoms with van der Waals surface area (Å²) in [6.45, 7) is 3.02. The normalized spacial score (nSPS) is 14.0. The number of ether oxygens (including phenoxy) is 2. The molecule has 2 aromatic rings. The SMILES string of the molecule is Cc1ccc(NC(=O)C[NH+](C)Cc2cc([N+](=O)[O-])cc3c2OCOC3)cc1. The van der Waals surface area contributed by atoms with Gasteiger partial charge in [-0.3, -0.25) is 14.9 Å². The summed E-state index contributed by atoms with van der Waals surface area (Å²) in [6.07, 6.45) is 0. The summed E-state index contributed by atoms with van der Waals surface area (Å²) in [6, 6.07) is 10.5. The molecule has 0 fully saturated rings. The number of hydrogen-bond acceptors (Lipinski definition) is 5. The molecule has 0 spiro atoms. The summed E-state index contributed by atoms with van der Waals surface area (Å²) >= 11 is 0. The number of carbonyl (C=O) groups excluding carboxylic acids is 1. The largest absolute Gasteiger partial charge is 0.467 e. The molecule has 3 rings (SSSR count). The maximum Gasteiger partial charge on any atom is 0.279 e. The van der Waals surface area contributed by atoms with Crippen molar-refractivity contribution in [2.75, 3.05) is 25.7 Å². The van der Waals surface area contributed by atoms with Gasteiger partial charge in [0.25, 0.3) is 11.6 Å². The van der Waals surface area contributed by atoms with E-state index in [0.717, 1.165) is 16.2 Å². The van der Waals surface area contributed by atoms with Crippen molar-refractivity contribution in [2.24, 2.45) is 0 Å². The van der Waals surface area contributed by atoms with E-state index in [2.05, 4.69) is 5.32 Å². The van der Waals surface area contributed by atoms with E-state index >= 15 is 0 Å². The molecule has 0 aromatic heterocycles. The number of fused-ring (bicyclic) bond motifs is 1. The van der Waals surface area contributed by atoms with Crippen LogP contribution in [0.15, 0.2) is 36.4 Å². The lowest BCUT2D eigenvalue weighted by Gasteiger charge is -2.22. The molecule has 1 heterocycles. The minimum Gasteiger partial charge on any atom is -0.467 e. The Morgan fingerprint density at radius 2 is 2.04 bits per heavy atom. The summed E-state index contributed by atoms with van der Waals surface area (Å²) in [4.78, 5) is 23.9. The van der Waals surface area contributed by atoms with E-state index in [9.17, 15) is 14.9 Å². The molecular weight excluding hydrogens is 350 g/mol. The second-order valence-corrected chi connectivity index (χ2v) is 6.69. The van der Waals surface area contributed by atoms with E-state index in [0.29, 0.717) is 23.4 Å². The molecule has 1 unspecified atom stereocenters. The Balaban J connectivity index is 1.68. The van der Waals surface area contributed by atoms with Gasteiger partial charge in [-0.25, -0.2) is 0 Å². The van der Waals surface area contributed by atoms with Crippen LogP contribution in [0.3, 0.4) is 0 Å². The van der Waals surface area contributed by atoms with Gasteiger partial charge in [0.05, 0.1) is 24.1 Å². The van der Waals surface area contributed by atoms with Gasteiger partial charge in [-0.2, -0.15) is 0 Å². The minimum atomic E-state index is -0.433. The number of amides is 1. The van der Waals surface area contributed by atoms with Gasteiger partial charge in [0.1, 0.15) is 12.3 Å². The summed E-state index contributed by atoms with van der Waals surface area (Å²) in [5.41, 5.74) is 3.21. The molecule has 2 N–H and O–H groups in total. The second kappa shape index (κ2) is 8.15. The van der Waals surface area contributed by atoms with Gasteiger partial charge >= 0.3 is 0 Å². The number of likely N-dealkylation sites (N-methyl/N-ethyl adjacent to an activating group) is 1. The summed E-state index contributed by atoms with van der Waals surface area (Å²) < 4.78 is 10.8. The number of nitrogens with zero attached hydrogens (tertiary/aromatic N) is 1. The molecule has 0 radical (unpaired) electrons. The zero-order chi connectivity index (χ0) is 19.4. The fourth-order valence-electron chi connectivity index (χ4n) is 3.02. The molecule has 0 bridgehead atoms. The van der Waals surface area contributed by atoms with Gasteiger partial charge in [-0.1, -0.05) is 17.7 Å². The first kappa shape index (κ1) is 18.8. The average molecular weight is 372 g/mol. The third kappa shape index (κ3) is 4.81. The van der Waals surface area contributed by atoms with E-state index in [1.165, 1.54) is 12.1 Å². The molecule has 1 aliphatic heterocycles.